The first-order chi connectivity index (χ1) is 9.92. The summed E-state index contributed by atoms with van der Waals surface area (Å²) in [7, 11) is -1.73. The number of rotatable bonds is 5. The maximum atomic E-state index is 12.4. The van der Waals surface area contributed by atoms with Crippen molar-refractivity contribution in [3.05, 3.63) is 59.7 Å². The third-order valence-electron chi connectivity index (χ3n) is 3.36. The van der Waals surface area contributed by atoms with Crippen LogP contribution in [0.1, 0.15) is 24.1 Å². The van der Waals surface area contributed by atoms with E-state index in [1.807, 2.05) is 38.1 Å². The molecule has 0 spiro atoms. The number of sulfonamides is 1. The Kier molecular flexibility index (Phi) is 4.65. The summed E-state index contributed by atoms with van der Waals surface area (Å²) >= 11 is 0. The molecule has 0 saturated carbocycles. The van der Waals surface area contributed by atoms with E-state index in [1.54, 1.807) is 31.3 Å². The van der Waals surface area contributed by atoms with E-state index in [0.29, 0.717) is 0 Å². The van der Waals surface area contributed by atoms with Crippen LogP contribution in [0, 0.1) is 6.92 Å². The van der Waals surface area contributed by atoms with Crippen LogP contribution in [0.4, 0.5) is 5.69 Å². The van der Waals surface area contributed by atoms with Gasteiger partial charge in [-0.15, -0.1) is 0 Å². The lowest BCUT2D eigenvalue weighted by Crippen LogP contribution is -2.26. The molecule has 21 heavy (non-hydrogen) atoms. The molecule has 1 atom stereocenters. The maximum Gasteiger partial charge on any atom is 0.241 e. The highest BCUT2D eigenvalue weighted by Crippen LogP contribution is 2.18. The lowest BCUT2D eigenvalue weighted by molar-refractivity contribution is 0.567. The molecule has 2 N–H and O–H groups in total. The van der Waals surface area contributed by atoms with E-state index in [2.05, 4.69) is 10.0 Å². The largest absolute Gasteiger partial charge is 0.388 e. The summed E-state index contributed by atoms with van der Waals surface area (Å²) in [5.74, 6) is 0. The van der Waals surface area contributed by atoms with Crippen molar-refractivity contribution in [2.45, 2.75) is 24.8 Å². The summed E-state index contributed by atoms with van der Waals surface area (Å²) < 4.78 is 27.4. The molecule has 0 fully saturated rings. The summed E-state index contributed by atoms with van der Waals surface area (Å²) in [5.41, 5.74) is 2.97. The van der Waals surface area contributed by atoms with Gasteiger partial charge >= 0.3 is 0 Å². The summed E-state index contributed by atoms with van der Waals surface area (Å²) in [6.07, 6.45) is 0. The molecule has 2 aromatic rings. The minimum atomic E-state index is -3.52. The number of hydrogen-bond donors (Lipinski definition) is 2. The van der Waals surface area contributed by atoms with Gasteiger partial charge < -0.3 is 5.32 Å². The Balaban J connectivity index is 2.17. The van der Waals surface area contributed by atoms with Crippen LogP contribution in [-0.4, -0.2) is 15.5 Å². The first kappa shape index (κ1) is 15.5. The standard InChI is InChI=1S/C16H20N2O2S/c1-12-4-6-14(7-5-12)13(2)18-21(19,20)16-10-8-15(17-3)9-11-16/h4-11,13,17-18H,1-3H3. The molecule has 5 heteroatoms. The smallest absolute Gasteiger partial charge is 0.241 e. The van der Waals surface area contributed by atoms with E-state index in [0.717, 1.165) is 16.8 Å². The molecule has 0 aliphatic rings. The van der Waals surface area contributed by atoms with Gasteiger partial charge in [0.15, 0.2) is 0 Å². The van der Waals surface area contributed by atoms with Crippen molar-refractivity contribution in [1.82, 2.24) is 4.72 Å². The van der Waals surface area contributed by atoms with E-state index in [4.69, 9.17) is 0 Å². The fraction of sp³-hybridized carbons (Fsp3) is 0.250. The monoisotopic (exact) mass is 304 g/mol. The quantitative estimate of drug-likeness (QED) is 0.892. The fourth-order valence-corrected chi connectivity index (χ4v) is 3.26. The van der Waals surface area contributed by atoms with Crippen LogP contribution in [0.25, 0.3) is 0 Å². The molecule has 0 heterocycles. The van der Waals surface area contributed by atoms with Gasteiger partial charge in [0.1, 0.15) is 0 Å². The van der Waals surface area contributed by atoms with Gasteiger partial charge in [-0.05, 0) is 43.7 Å². The maximum absolute atomic E-state index is 12.4. The first-order valence-corrected chi connectivity index (χ1v) is 8.27. The van der Waals surface area contributed by atoms with Crippen LogP contribution in [0.2, 0.25) is 0 Å². The van der Waals surface area contributed by atoms with E-state index in [-0.39, 0.29) is 10.9 Å². The molecule has 0 aliphatic carbocycles. The topological polar surface area (TPSA) is 58.2 Å². The van der Waals surface area contributed by atoms with Crippen molar-refractivity contribution in [3.63, 3.8) is 0 Å². The zero-order chi connectivity index (χ0) is 15.5. The predicted molar refractivity (Wildman–Crippen MR) is 85.9 cm³/mol. The molecule has 4 nitrogen and oxygen atoms in total. The zero-order valence-electron chi connectivity index (χ0n) is 12.4. The van der Waals surface area contributed by atoms with Crippen LogP contribution in [0.5, 0.6) is 0 Å². The van der Waals surface area contributed by atoms with E-state index < -0.39 is 10.0 Å². The third-order valence-corrected chi connectivity index (χ3v) is 4.92. The Labute approximate surface area is 126 Å². The minimum absolute atomic E-state index is 0.264. The molecule has 0 amide bonds. The predicted octanol–water partition coefficient (Wildman–Crippen LogP) is 3.08. The van der Waals surface area contributed by atoms with Crippen molar-refractivity contribution in [1.29, 1.82) is 0 Å². The Morgan fingerprint density at radius 2 is 1.52 bits per heavy atom. The molecule has 0 radical (unpaired) electrons. The molecular formula is C16H20N2O2S. The second kappa shape index (κ2) is 6.28. The summed E-state index contributed by atoms with van der Waals surface area (Å²) in [6.45, 7) is 3.84. The normalized spacial score (nSPS) is 12.9. The van der Waals surface area contributed by atoms with Gasteiger partial charge in [0.25, 0.3) is 0 Å². The molecule has 2 rings (SSSR count). The molecule has 2 aromatic carbocycles. The molecule has 0 saturated heterocycles. The van der Waals surface area contributed by atoms with Gasteiger partial charge in [0, 0.05) is 18.8 Å². The molecular weight excluding hydrogens is 284 g/mol. The lowest BCUT2D eigenvalue weighted by Gasteiger charge is -2.15. The summed E-state index contributed by atoms with van der Waals surface area (Å²) in [6, 6.07) is 14.2. The van der Waals surface area contributed by atoms with E-state index in [1.165, 1.54) is 0 Å². The van der Waals surface area contributed by atoms with Gasteiger partial charge in [0.05, 0.1) is 4.90 Å². The fourth-order valence-electron chi connectivity index (χ4n) is 2.02. The van der Waals surface area contributed by atoms with Crippen molar-refractivity contribution in [3.8, 4) is 0 Å². The Hall–Kier alpha value is -1.85. The van der Waals surface area contributed by atoms with Crippen molar-refractivity contribution in [2.75, 3.05) is 12.4 Å². The van der Waals surface area contributed by atoms with E-state index in [9.17, 15) is 8.42 Å². The molecule has 0 aliphatic heterocycles. The van der Waals surface area contributed by atoms with Crippen molar-refractivity contribution >= 4 is 15.7 Å². The molecule has 1 unspecified atom stereocenters. The van der Waals surface area contributed by atoms with Crippen LogP contribution in [-0.2, 0) is 10.0 Å². The van der Waals surface area contributed by atoms with Crippen LogP contribution < -0.4 is 10.0 Å². The molecule has 0 aromatic heterocycles. The number of nitrogens with one attached hydrogen (secondary N) is 2. The highest BCUT2D eigenvalue weighted by atomic mass is 32.2. The van der Waals surface area contributed by atoms with Crippen molar-refractivity contribution < 1.29 is 8.42 Å². The third kappa shape index (κ3) is 3.83. The number of benzene rings is 2. The summed E-state index contributed by atoms with van der Waals surface area (Å²) in [4.78, 5) is 0.264. The lowest BCUT2D eigenvalue weighted by atomic mass is 10.1. The second-order valence-corrected chi connectivity index (χ2v) is 6.74. The molecule has 112 valence electrons. The zero-order valence-corrected chi connectivity index (χ0v) is 13.2. The van der Waals surface area contributed by atoms with E-state index >= 15 is 0 Å². The van der Waals surface area contributed by atoms with Crippen LogP contribution >= 0.6 is 0 Å². The average Bonchev–Trinajstić information content (AvgIpc) is 2.47. The van der Waals surface area contributed by atoms with Crippen LogP contribution in [0.15, 0.2) is 53.4 Å². The first-order valence-electron chi connectivity index (χ1n) is 6.79. The van der Waals surface area contributed by atoms with Gasteiger partial charge in [-0.2, -0.15) is 0 Å². The summed E-state index contributed by atoms with van der Waals surface area (Å²) in [5, 5.41) is 2.96. The highest BCUT2D eigenvalue weighted by Gasteiger charge is 2.18. The van der Waals surface area contributed by atoms with Gasteiger partial charge in [0.2, 0.25) is 10.0 Å². The van der Waals surface area contributed by atoms with Gasteiger partial charge in [-0.1, -0.05) is 29.8 Å². The van der Waals surface area contributed by atoms with Crippen molar-refractivity contribution in [2.24, 2.45) is 0 Å². The molecule has 0 bridgehead atoms. The minimum Gasteiger partial charge on any atom is -0.388 e. The number of aryl methyl sites for hydroxylation is 1. The average molecular weight is 304 g/mol. The highest BCUT2D eigenvalue weighted by molar-refractivity contribution is 7.89. The van der Waals surface area contributed by atoms with Gasteiger partial charge in [-0.3, -0.25) is 0 Å². The SMILES string of the molecule is CNc1ccc(S(=O)(=O)NC(C)c2ccc(C)cc2)cc1. The number of anilines is 1. The van der Waals surface area contributed by atoms with Crippen LogP contribution in [0.3, 0.4) is 0 Å². The number of hydrogen-bond acceptors (Lipinski definition) is 3. The Morgan fingerprint density at radius 3 is 2.05 bits per heavy atom. The van der Waals surface area contributed by atoms with Gasteiger partial charge in [-0.25, -0.2) is 13.1 Å². The Bertz CT molecular complexity index is 692. The second-order valence-electron chi connectivity index (χ2n) is 5.03. The Morgan fingerprint density at radius 1 is 0.952 bits per heavy atom.